The number of H-pyrrole nitrogens is 1. The first-order valence-electron chi connectivity index (χ1n) is 9.71. The first-order valence-corrected chi connectivity index (χ1v) is 9.71. The Balaban J connectivity index is 1.96. The number of methoxy groups -OCH3 is 3. The largest absolute Gasteiger partial charge is 0.497 e. The number of aromatic nitrogens is 1. The van der Waals surface area contributed by atoms with Crippen molar-refractivity contribution in [3.8, 4) is 17.2 Å². The predicted molar refractivity (Wildman–Crippen MR) is 116 cm³/mol. The molecule has 0 bridgehead atoms. The van der Waals surface area contributed by atoms with Gasteiger partial charge in [-0.2, -0.15) is 0 Å². The maximum absolute atomic E-state index is 13.2. The Labute approximate surface area is 175 Å². The molecule has 0 fully saturated rings. The minimum absolute atomic E-state index is 0.189. The van der Waals surface area contributed by atoms with Crippen molar-refractivity contribution in [1.82, 2.24) is 9.88 Å². The zero-order valence-corrected chi connectivity index (χ0v) is 17.7. The summed E-state index contributed by atoms with van der Waals surface area (Å²) in [4.78, 5) is 30.4. The molecule has 2 aromatic carbocycles. The molecule has 30 heavy (non-hydrogen) atoms. The highest BCUT2D eigenvalue weighted by atomic mass is 16.5. The van der Waals surface area contributed by atoms with E-state index in [1.54, 1.807) is 48.4 Å². The van der Waals surface area contributed by atoms with Crippen molar-refractivity contribution >= 4 is 16.8 Å². The lowest BCUT2D eigenvalue weighted by molar-refractivity contribution is 0.0742. The average Bonchev–Trinajstić information content (AvgIpc) is 2.77. The Kier molecular flexibility index (Phi) is 6.61. The van der Waals surface area contributed by atoms with Crippen LogP contribution in [0.5, 0.6) is 17.2 Å². The van der Waals surface area contributed by atoms with Crippen molar-refractivity contribution in [2.75, 3.05) is 27.9 Å². The number of hydrogen-bond acceptors (Lipinski definition) is 5. The van der Waals surface area contributed by atoms with Crippen molar-refractivity contribution in [2.24, 2.45) is 0 Å². The third kappa shape index (κ3) is 4.56. The van der Waals surface area contributed by atoms with E-state index in [1.165, 1.54) is 14.2 Å². The summed E-state index contributed by atoms with van der Waals surface area (Å²) in [5, 5.41) is 0.843. The Morgan fingerprint density at radius 3 is 2.20 bits per heavy atom. The van der Waals surface area contributed by atoms with Crippen molar-refractivity contribution in [3.05, 3.63) is 63.9 Å². The van der Waals surface area contributed by atoms with Gasteiger partial charge < -0.3 is 24.1 Å². The van der Waals surface area contributed by atoms with Gasteiger partial charge in [0.2, 0.25) is 0 Å². The molecule has 0 aliphatic carbocycles. The van der Waals surface area contributed by atoms with Gasteiger partial charge in [0.15, 0.2) is 0 Å². The van der Waals surface area contributed by atoms with Crippen molar-refractivity contribution in [1.29, 1.82) is 0 Å². The maximum Gasteiger partial charge on any atom is 0.254 e. The predicted octanol–water partition coefficient (Wildman–Crippen LogP) is 3.61. The lowest BCUT2D eigenvalue weighted by atomic mass is 10.1. The van der Waals surface area contributed by atoms with E-state index in [2.05, 4.69) is 4.98 Å². The van der Waals surface area contributed by atoms with E-state index < -0.39 is 0 Å². The number of nitrogens with one attached hydrogen (secondary N) is 1. The molecule has 0 radical (unpaired) electrons. The first kappa shape index (κ1) is 21.2. The zero-order chi connectivity index (χ0) is 21.7. The minimum atomic E-state index is -0.218. The molecule has 0 aliphatic heterocycles. The second-order valence-electron chi connectivity index (χ2n) is 6.90. The Morgan fingerprint density at radius 2 is 1.60 bits per heavy atom. The van der Waals surface area contributed by atoms with Crippen LogP contribution in [0.15, 0.2) is 47.3 Å². The second kappa shape index (κ2) is 9.35. The van der Waals surface area contributed by atoms with Crippen LogP contribution in [0.4, 0.5) is 0 Å². The molecule has 0 atom stereocenters. The molecule has 0 spiro atoms. The number of hydrogen-bond donors (Lipinski definition) is 1. The number of fused-ring (bicyclic) bond motifs is 1. The molecular weight excluding hydrogens is 384 g/mol. The van der Waals surface area contributed by atoms with Crippen LogP contribution >= 0.6 is 0 Å². The second-order valence-corrected chi connectivity index (χ2v) is 6.90. The topological polar surface area (TPSA) is 80.9 Å². The molecular formula is C23H26N2O5. The molecule has 0 saturated carbocycles. The number of nitrogens with zero attached hydrogens (tertiary/aromatic N) is 1. The smallest absolute Gasteiger partial charge is 0.254 e. The number of amides is 1. The SMILES string of the molecule is CCCN(Cc1cc2cc(OC)ccc2[nH]c1=O)C(=O)c1cc(OC)cc(OC)c1. The van der Waals surface area contributed by atoms with Crippen LogP contribution in [0, 0.1) is 0 Å². The number of aromatic amines is 1. The molecule has 0 unspecified atom stereocenters. The summed E-state index contributed by atoms with van der Waals surface area (Å²) in [6.45, 7) is 2.69. The Bertz CT molecular complexity index is 1080. The molecule has 3 aromatic rings. The van der Waals surface area contributed by atoms with Gasteiger partial charge in [0, 0.05) is 34.6 Å². The van der Waals surface area contributed by atoms with Gasteiger partial charge in [-0.15, -0.1) is 0 Å². The van der Waals surface area contributed by atoms with Crippen molar-refractivity contribution in [3.63, 3.8) is 0 Å². The number of rotatable bonds is 8. The highest BCUT2D eigenvalue weighted by molar-refractivity contribution is 5.95. The third-order valence-electron chi connectivity index (χ3n) is 4.87. The van der Waals surface area contributed by atoms with E-state index in [0.29, 0.717) is 34.9 Å². The quantitative estimate of drug-likeness (QED) is 0.614. The summed E-state index contributed by atoms with van der Waals surface area (Å²) in [6, 6.07) is 12.3. The van der Waals surface area contributed by atoms with Gasteiger partial charge in [0.25, 0.3) is 11.5 Å². The van der Waals surface area contributed by atoms with Crippen LogP contribution in [0.2, 0.25) is 0 Å². The maximum atomic E-state index is 13.2. The molecule has 1 N–H and O–H groups in total. The lowest BCUT2D eigenvalue weighted by Gasteiger charge is -2.22. The Morgan fingerprint density at radius 1 is 0.933 bits per heavy atom. The highest BCUT2D eigenvalue weighted by Gasteiger charge is 2.19. The number of pyridine rings is 1. The van der Waals surface area contributed by atoms with E-state index in [4.69, 9.17) is 14.2 Å². The summed E-state index contributed by atoms with van der Waals surface area (Å²) < 4.78 is 15.8. The van der Waals surface area contributed by atoms with Gasteiger partial charge in [-0.25, -0.2) is 0 Å². The minimum Gasteiger partial charge on any atom is -0.497 e. The van der Waals surface area contributed by atoms with Crippen LogP contribution in [0.3, 0.4) is 0 Å². The van der Waals surface area contributed by atoms with Crippen LogP contribution in [0.25, 0.3) is 10.9 Å². The van der Waals surface area contributed by atoms with Crippen LogP contribution in [-0.2, 0) is 6.54 Å². The molecule has 1 heterocycles. The molecule has 158 valence electrons. The van der Waals surface area contributed by atoms with Crippen LogP contribution in [-0.4, -0.2) is 43.7 Å². The summed E-state index contributed by atoms with van der Waals surface area (Å²) in [7, 11) is 4.67. The van der Waals surface area contributed by atoms with E-state index >= 15 is 0 Å². The fourth-order valence-corrected chi connectivity index (χ4v) is 3.32. The first-order chi connectivity index (χ1) is 14.5. The number of benzene rings is 2. The van der Waals surface area contributed by atoms with Crippen molar-refractivity contribution < 1.29 is 19.0 Å². The lowest BCUT2D eigenvalue weighted by Crippen LogP contribution is -2.33. The summed E-state index contributed by atoms with van der Waals surface area (Å²) in [5.41, 5.74) is 1.45. The molecule has 1 amide bonds. The summed E-state index contributed by atoms with van der Waals surface area (Å²) in [5.74, 6) is 1.57. The fourth-order valence-electron chi connectivity index (χ4n) is 3.32. The zero-order valence-electron chi connectivity index (χ0n) is 17.7. The third-order valence-corrected chi connectivity index (χ3v) is 4.87. The average molecular weight is 410 g/mol. The van der Waals surface area contributed by atoms with E-state index in [1.807, 2.05) is 13.0 Å². The van der Waals surface area contributed by atoms with Gasteiger partial charge in [-0.3, -0.25) is 9.59 Å². The highest BCUT2D eigenvalue weighted by Crippen LogP contribution is 2.24. The van der Waals surface area contributed by atoms with Crippen molar-refractivity contribution in [2.45, 2.75) is 19.9 Å². The van der Waals surface area contributed by atoms with Gasteiger partial charge in [0.05, 0.1) is 27.9 Å². The van der Waals surface area contributed by atoms with Gasteiger partial charge in [0.1, 0.15) is 17.2 Å². The van der Waals surface area contributed by atoms with Gasteiger partial charge in [-0.1, -0.05) is 6.92 Å². The molecule has 3 rings (SSSR count). The normalized spacial score (nSPS) is 10.7. The molecule has 7 nitrogen and oxygen atoms in total. The Hall–Kier alpha value is -3.48. The number of carbonyl (C=O) groups excluding carboxylic acids is 1. The van der Waals surface area contributed by atoms with Crippen LogP contribution in [0.1, 0.15) is 29.3 Å². The molecule has 0 saturated heterocycles. The van der Waals surface area contributed by atoms with E-state index in [0.717, 1.165) is 17.3 Å². The fraction of sp³-hybridized carbons (Fsp3) is 0.304. The van der Waals surface area contributed by atoms with E-state index in [-0.39, 0.29) is 18.0 Å². The monoisotopic (exact) mass is 410 g/mol. The van der Waals surface area contributed by atoms with E-state index in [9.17, 15) is 9.59 Å². The molecule has 0 aliphatic rings. The van der Waals surface area contributed by atoms with Gasteiger partial charge >= 0.3 is 0 Å². The standard InChI is InChI=1S/C23H26N2O5/c1-5-8-25(23(27)16-11-19(29-3)13-20(12-16)30-4)14-17-9-15-10-18(28-2)6-7-21(15)24-22(17)26/h6-7,9-13H,5,8,14H2,1-4H3,(H,24,26). The number of carbonyl (C=O) groups is 1. The van der Waals surface area contributed by atoms with Gasteiger partial charge in [-0.05, 0) is 42.8 Å². The molecule has 1 aromatic heterocycles. The summed E-state index contributed by atoms with van der Waals surface area (Å²) in [6.07, 6.45) is 0.756. The van der Waals surface area contributed by atoms with Crippen LogP contribution < -0.4 is 19.8 Å². The molecule has 7 heteroatoms. The summed E-state index contributed by atoms with van der Waals surface area (Å²) >= 11 is 0. The number of ether oxygens (including phenoxy) is 3.